The zero-order valence-corrected chi connectivity index (χ0v) is 13.0. The lowest BCUT2D eigenvalue weighted by Gasteiger charge is -2.16. The zero-order valence-electron chi connectivity index (χ0n) is 12.2. The second kappa shape index (κ2) is 9.25. The molecule has 1 aromatic rings. The van der Waals surface area contributed by atoms with E-state index in [1.54, 1.807) is 18.2 Å². The van der Waals surface area contributed by atoms with Crippen LogP contribution in [0.2, 0.25) is 5.02 Å². The van der Waals surface area contributed by atoms with Crippen molar-refractivity contribution in [2.24, 2.45) is 5.92 Å². The van der Waals surface area contributed by atoms with Crippen LogP contribution in [0.5, 0.6) is 0 Å². The maximum absolute atomic E-state index is 10.6. The van der Waals surface area contributed by atoms with E-state index in [9.17, 15) is 4.79 Å². The summed E-state index contributed by atoms with van der Waals surface area (Å²) in [7, 11) is 0. The van der Waals surface area contributed by atoms with Gasteiger partial charge in [0.15, 0.2) is 0 Å². The van der Waals surface area contributed by atoms with Crippen LogP contribution < -0.4 is 5.32 Å². The molecule has 114 valence electrons. The predicted octanol–water partition coefficient (Wildman–Crippen LogP) is 4.29. The van der Waals surface area contributed by atoms with E-state index in [1.165, 1.54) is 0 Å². The molecule has 0 aliphatic carbocycles. The Morgan fingerprint density at radius 3 is 2.76 bits per heavy atom. The molecule has 1 unspecified atom stereocenters. The second-order valence-electron chi connectivity index (χ2n) is 5.11. The van der Waals surface area contributed by atoms with E-state index < -0.39 is 5.97 Å². The highest BCUT2D eigenvalue weighted by Crippen LogP contribution is 2.24. The molecule has 1 aromatic carbocycles. The van der Waals surface area contributed by atoms with Gasteiger partial charge in [0.1, 0.15) is 0 Å². The first kappa shape index (κ1) is 17.3. The molecule has 0 saturated heterocycles. The molecular formula is C16H21ClN2O2. The number of carboxylic acid groups (broad SMARTS) is 1. The number of carboxylic acids is 1. The summed E-state index contributed by atoms with van der Waals surface area (Å²) < 4.78 is 0. The second-order valence-corrected chi connectivity index (χ2v) is 5.52. The molecule has 21 heavy (non-hydrogen) atoms. The van der Waals surface area contributed by atoms with Crippen molar-refractivity contribution in [3.63, 3.8) is 0 Å². The quantitative estimate of drug-likeness (QED) is 0.713. The lowest BCUT2D eigenvalue weighted by molar-refractivity contribution is -0.137. The Kier molecular flexibility index (Phi) is 7.63. The molecule has 0 aliphatic heterocycles. The third-order valence-electron chi connectivity index (χ3n) is 3.43. The van der Waals surface area contributed by atoms with E-state index in [-0.39, 0.29) is 6.42 Å². The summed E-state index contributed by atoms with van der Waals surface area (Å²) >= 11 is 6.10. The summed E-state index contributed by atoms with van der Waals surface area (Å²) in [5, 5.41) is 21.3. The van der Waals surface area contributed by atoms with Crippen LogP contribution in [-0.4, -0.2) is 17.6 Å². The Morgan fingerprint density at radius 2 is 2.19 bits per heavy atom. The van der Waals surface area contributed by atoms with Crippen molar-refractivity contribution in [1.82, 2.24) is 0 Å². The van der Waals surface area contributed by atoms with Gasteiger partial charge in [0, 0.05) is 13.0 Å². The fourth-order valence-electron chi connectivity index (χ4n) is 2.31. The Hall–Kier alpha value is -1.73. The standard InChI is InChI=1S/C16H21ClN2O2/c1-2-3-12(5-7-16(20)21)8-9-19-15-6-4-13(11-18)10-14(15)17/h4,6,10,12,19H,2-3,5,7-9H2,1H3,(H,20,21). The molecule has 5 heteroatoms. The van der Waals surface area contributed by atoms with E-state index >= 15 is 0 Å². The molecule has 0 amide bonds. The molecular weight excluding hydrogens is 288 g/mol. The molecule has 1 rings (SSSR count). The van der Waals surface area contributed by atoms with Crippen molar-refractivity contribution in [2.45, 2.75) is 39.0 Å². The average molecular weight is 309 g/mol. The molecule has 1 atom stereocenters. The van der Waals surface area contributed by atoms with Gasteiger partial charge in [0.05, 0.1) is 22.3 Å². The Balaban J connectivity index is 2.46. The van der Waals surface area contributed by atoms with Crippen LogP contribution in [0.4, 0.5) is 5.69 Å². The van der Waals surface area contributed by atoms with Crippen LogP contribution in [0.3, 0.4) is 0 Å². The van der Waals surface area contributed by atoms with Crippen molar-refractivity contribution in [2.75, 3.05) is 11.9 Å². The van der Waals surface area contributed by atoms with Crippen molar-refractivity contribution in [3.05, 3.63) is 28.8 Å². The van der Waals surface area contributed by atoms with E-state index in [0.29, 0.717) is 22.9 Å². The van der Waals surface area contributed by atoms with E-state index in [4.69, 9.17) is 22.0 Å². The Labute approximate surface area is 130 Å². The number of aliphatic carboxylic acids is 1. The first-order valence-electron chi connectivity index (χ1n) is 7.22. The summed E-state index contributed by atoms with van der Waals surface area (Å²) in [6, 6.07) is 7.21. The Morgan fingerprint density at radius 1 is 1.43 bits per heavy atom. The molecule has 0 aromatic heterocycles. The van der Waals surface area contributed by atoms with Gasteiger partial charge in [-0.1, -0.05) is 31.4 Å². The van der Waals surface area contributed by atoms with Gasteiger partial charge < -0.3 is 10.4 Å². The number of rotatable bonds is 9. The average Bonchev–Trinajstić information content (AvgIpc) is 2.46. The van der Waals surface area contributed by atoms with Gasteiger partial charge in [0.2, 0.25) is 0 Å². The summed E-state index contributed by atoms with van der Waals surface area (Å²) in [6.45, 7) is 2.86. The first-order chi connectivity index (χ1) is 10.1. The highest BCUT2D eigenvalue weighted by Gasteiger charge is 2.10. The van der Waals surface area contributed by atoms with Crippen LogP contribution in [0.15, 0.2) is 18.2 Å². The van der Waals surface area contributed by atoms with Gasteiger partial charge in [-0.15, -0.1) is 0 Å². The molecule has 0 heterocycles. The molecule has 0 fully saturated rings. The van der Waals surface area contributed by atoms with Crippen LogP contribution >= 0.6 is 11.6 Å². The van der Waals surface area contributed by atoms with Gasteiger partial charge in [0.25, 0.3) is 0 Å². The Bertz CT molecular complexity index is 511. The van der Waals surface area contributed by atoms with Crippen molar-refractivity contribution in [3.8, 4) is 6.07 Å². The number of hydrogen-bond donors (Lipinski definition) is 2. The van der Waals surface area contributed by atoms with Gasteiger partial charge in [-0.2, -0.15) is 5.26 Å². The summed E-state index contributed by atoms with van der Waals surface area (Å²) in [5.74, 6) is -0.324. The van der Waals surface area contributed by atoms with Gasteiger partial charge in [-0.3, -0.25) is 4.79 Å². The molecule has 0 radical (unpaired) electrons. The topological polar surface area (TPSA) is 73.1 Å². The van der Waals surface area contributed by atoms with Crippen molar-refractivity contribution in [1.29, 1.82) is 5.26 Å². The maximum Gasteiger partial charge on any atom is 0.303 e. The maximum atomic E-state index is 10.6. The molecule has 2 N–H and O–H groups in total. The molecule has 0 bridgehead atoms. The van der Waals surface area contributed by atoms with Gasteiger partial charge in [-0.25, -0.2) is 0 Å². The minimum Gasteiger partial charge on any atom is -0.481 e. The third kappa shape index (κ3) is 6.50. The van der Waals surface area contributed by atoms with Gasteiger partial charge >= 0.3 is 5.97 Å². The smallest absolute Gasteiger partial charge is 0.303 e. The number of halogens is 1. The normalized spacial score (nSPS) is 11.7. The fourth-order valence-corrected chi connectivity index (χ4v) is 2.56. The first-order valence-corrected chi connectivity index (χ1v) is 7.60. The molecule has 0 aliphatic rings. The highest BCUT2D eigenvalue weighted by molar-refractivity contribution is 6.33. The predicted molar refractivity (Wildman–Crippen MR) is 84.5 cm³/mol. The van der Waals surface area contributed by atoms with Crippen molar-refractivity contribution < 1.29 is 9.90 Å². The minimum absolute atomic E-state index is 0.224. The lowest BCUT2D eigenvalue weighted by atomic mass is 9.94. The van der Waals surface area contributed by atoms with E-state index in [2.05, 4.69) is 12.2 Å². The van der Waals surface area contributed by atoms with Crippen LogP contribution in [-0.2, 0) is 4.79 Å². The van der Waals surface area contributed by atoms with Crippen molar-refractivity contribution >= 4 is 23.3 Å². The third-order valence-corrected chi connectivity index (χ3v) is 3.74. The summed E-state index contributed by atoms with van der Waals surface area (Å²) in [6.07, 6.45) is 3.95. The number of nitriles is 1. The molecule has 0 spiro atoms. The highest BCUT2D eigenvalue weighted by atomic mass is 35.5. The van der Waals surface area contributed by atoms with Crippen LogP contribution in [0, 0.1) is 17.2 Å². The number of hydrogen-bond acceptors (Lipinski definition) is 3. The number of nitrogens with one attached hydrogen (secondary N) is 1. The van der Waals surface area contributed by atoms with E-state index in [0.717, 1.165) is 31.5 Å². The SMILES string of the molecule is CCCC(CCNc1ccc(C#N)cc1Cl)CCC(=O)O. The van der Waals surface area contributed by atoms with E-state index in [1.807, 2.05) is 6.07 Å². The summed E-state index contributed by atoms with van der Waals surface area (Å²) in [5.41, 5.74) is 1.35. The number of anilines is 1. The molecule has 0 saturated carbocycles. The number of carbonyl (C=O) groups is 1. The number of nitrogens with zero attached hydrogens (tertiary/aromatic N) is 1. The van der Waals surface area contributed by atoms with Gasteiger partial charge in [-0.05, 0) is 37.0 Å². The van der Waals surface area contributed by atoms with Crippen LogP contribution in [0.1, 0.15) is 44.6 Å². The minimum atomic E-state index is -0.737. The van der Waals surface area contributed by atoms with Crippen LogP contribution in [0.25, 0.3) is 0 Å². The number of benzene rings is 1. The largest absolute Gasteiger partial charge is 0.481 e. The molecule has 4 nitrogen and oxygen atoms in total. The monoisotopic (exact) mass is 308 g/mol. The summed E-state index contributed by atoms with van der Waals surface area (Å²) in [4.78, 5) is 10.6. The fraction of sp³-hybridized carbons (Fsp3) is 0.500. The lowest BCUT2D eigenvalue weighted by Crippen LogP contribution is -2.11. The zero-order chi connectivity index (χ0) is 15.7.